The van der Waals surface area contributed by atoms with Crippen molar-refractivity contribution >= 4 is 0 Å². The van der Waals surface area contributed by atoms with Crippen molar-refractivity contribution in [2.24, 2.45) is 5.73 Å². The maximum Gasteiger partial charge on any atom is 0.248 e. The van der Waals surface area contributed by atoms with Crippen molar-refractivity contribution in [1.82, 2.24) is 4.98 Å². The first-order chi connectivity index (χ1) is 6.22. The van der Waals surface area contributed by atoms with Gasteiger partial charge in [0, 0.05) is 6.07 Å². The lowest BCUT2D eigenvalue weighted by atomic mass is 10.2. The van der Waals surface area contributed by atoms with Gasteiger partial charge >= 0.3 is 0 Å². The summed E-state index contributed by atoms with van der Waals surface area (Å²) in [4.78, 5) is 13.5. The molecule has 0 aliphatic heterocycles. The number of aromatic nitrogens is 1. The Balaban J connectivity index is 2.83. The van der Waals surface area contributed by atoms with Crippen LogP contribution in [0.25, 0.3) is 0 Å². The minimum absolute atomic E-state index is 0.122. The van der Waals surface area contributed by atoms with Crippen molar-refractivity contribution in [2.75, 3.05) is 0 Å². The molecule has 0 saturated heterocycles. The summed E-state index contributed by atoms with van der Waals surface area (Å²) in [5, 5.41) is 0. The quantitative estimate of drug-likeness (QED) is 0.611. The summed E-state index contributed by atoms with van der Waals surface area (Å²) in [7, 11) is 0. The lowest BCUT2D eigenvalue weighted by Crippen LogP contribution is -2.15. The molecule has 1 heterocycles. The Kier molecular flexibility index (Phi) is 3.30. The van der Waals surface area contributed by atoms with E-state index >= 15 is 0 Å². The van der Waals surface area contributed by atoms with Gasteiger partial charge in [-0.15, -0.1) is 0 Å². The summed E-state index contributed by atoms with van der Waals surface area (Å²) < 4.78 is 0. The number of pyridine rings is 1. The van der Waals surface area contributed by atoms with Crippen molar-refractivity contribution in [2.45, 2.75) is 19.4 Å². The second kappa shape index (κ2) is 4.48. The van der Waals surface area contributed by atoms with E-state index in [0.29, 0.717) is 5.69 Å². The molecule has 0 aliphatic rings. The van der Waals surface area contributed by atoms with E-state index in [1.54, 1.807) is 12.1 Å². The van der Waals surface area contributed by atoms with Crippen LogP contribution in [-0.4, -0.2) is 11.0 Å². The van der Waals surface area contributed by atoms with E-state index in [1.165, 1.54) is 6.07 Å². The first-order valence-electron chi connectivity index (χ1n) is 4.19. The van der Waals surface area contributed by atoms with Crippen LogP contribution >= 0.6 is 0 Å². The van der Waals surface area contributed by atoms with Crippen LogP contribution in [0.5, 0.6) is 0 Å². The molecule has 1 unspecified atom stereocenters. The van der Waals surface area contributed by atoms with Crippen LogP contribution in [0.15, 0.2) is 23.0 Å². The highest BCUT2D eigenvalue weighted by Gasteiger charge is 1.90. The molecule has 0 spiro atoms. The number of rotatable bonds is 1. The molecule has 1 aromatic rings. The standard InChI is InChI=1S/C10H12N2O/c1-2-8(11)6-7-9-4-3-5-10(13)12-9/h3-5,8H,2,11H2,1H3,(H,12,13). The van der Waals surface area contributed by atoms with E-state index < -0.39 is 0 Å². The minimum atomic E-state index is -0.142. The van der Waals surface area contributed by atoms with Gasteiger partial charge in [-0.2, -0.15) is 0 Å². The zero-order valence-electron chi connectivity index (χ0n) is 7.50. The van der Waals surface area contributed by atoms with Gasteiger partial charge in [0.15, 0.2) is 0 Å². The summed E-state index contributed by atoms with van der Waals surface area (Å²) >= 11 is 0. The van der Waals surface area contributed by atoms with E-state index in [0.717, 1.165) is 6.42 Å². The van der Waals surface area contributed by atoms with Gasteiger partial charge in [-0.3, -0.25) is 4.79 Å². The van der Waals surface area contributed by atoms with Crippen LogP contribution in [0.3, 0.4) is 0 Å². The van der Waals surface area contributed by atoms with Gasteiger partial charge in [-0.1, -0.05) is 18.9 Å². The Bertz CT molecular complexity index is 384. The minimum Gasteiger partial charge on any atom is -0.318 e. The first-order valence-corrected chi connectivity index (χ1v) is 4.19. The van der Waals surface area contributed by atoms with Gasteiger partial charge in [0.2, 0.25) is 5.56 Å². The molecule has 0 fully saturated rings. The number of hydrogen-bond acceptors (Lipinski definition) is 2. The third kappa shape index (κ3) is 3.14. The summed E-state index contributed by atoms with van der Waals surface area (Å²) in [5.41, 5.74) is 6.06. The number of nitrogens with one attached hydrogen (secondary N) is 1. The molecule has 1 rings (SSSR count). The molecule has 3 nitrogen and oxygen atoms in total. The number of nitrogens with two attached hydrogens (primary N) is 1. The van der Waals surface area contributed by atoms with E-state index in [1.807, 2.05) is 6.92 Å². The highest BCUT2D eigenvalue weighted by Crippen LogP contribution is 1.87. The zero-order chi connectivity index (χ0) is 9.68. The Morgan fingerprint density at radius 2 is 2.38 bits per heavy atom. The molecule has 0 aliphatic carbocycles. The molecule has 68 valence electrons. The molecule has 0 saturated carbocycles. The van der Waals surface area contributed by atoms with Crippen molar-refractivity contribution in [3.63, 3.8) is 0 Å². The van der Waals surface area contributed by atoms with Crippen molar-refractivity contribution in [1.29, 1.82) is 0 Å². The maximum atomic E-state index is 10.8. The molecular weight excluding hydrogens is 164 g/mol. The van der Waals surface area contributed by atoms with Gasteiger partial charge in [-0.25, -0.2) is 0 Å². The topological polar surface area (TPSA) is 58.9 Å². The van der Waals surface area contributed by atoms with Gasteiger partial charge < -0.3 is 10.7 Å². The Labute approximate surface area is 77.0 Å². The van der Waals surface area contributed by atoms with Crippen LogP contribution in [0.1, 0.15) is 19.0 Å². The average Bonchev–Trinajstić information content (AvgIpc) is 2.14. The van der Waals surface area contributed by atoms with Crippen molar-refractivity contribution in [3.8, 4) is 11.8 Å². The zero-order valence-corrected chi connectivity index (χ0v) is 7.50. The van der Waals surface area contributed by atoms with Crippen molar-refractivity contribution in [3.05, 3.63) is 34.2 Å². The van der Waals surface area contributed by atoms with Gasteiger partial charge in [0.25, 0.3) is 0 Å². The highest BCUT2D eigenvalue weighted by molar-refractivity contribution is 5.28. The number of H-pyrrole nitrogens is 1. The molecule has 0 amide bonds. The largest absolute Gasteiger partial charge is 0.318 e. The lowest BCUT2D eigenvalue weighted by Gasteiger charge is -1.95. The third-order valence-corrected chi connectivity index (χ3v) is 1.60. The van der Waals surface area contributed by atoms with E-state index in [9.17, 15) is 4.79 Å². The monoisotopic (exact) mass is 176 g/mol. The Hall–Kier alpha value is -1.53. The molecule has 0 bridgehead atoms. The second-order valence-electron chi connectivity index (χ2n) is 2.71. The molecule has 0 radical (unpaired) electrons. The molecule has 3 heteroatoms. The Morgan fingerprint density at radius 3 is 3.00 bits per heavy atom. The predicted molar refractivity (Wildman–Crippen MR) is 52.2 cm³/mol. The SMILES string of the molecule is CCC(N)C#Cc1cccc(=O)[nH]1. The number of aromatic amines is 1. The average molecular weight is 176 g/mol. The summed E-state index contributed by atoms with van der Waals surface area (Å²) in [6.45, 7) is 1.97. The fourth-order valence-electron chi connectivity index (χ4n) is 0.793. The highest BCUT2D eigenvalue weighted by atomic mass is 16.1. The van der Waals surface area contributed by atoms with Crippen LogP contribution < -0.4 is 11.3 Å². The van der Waals surface area contributed by atoms with Gasteiger partial charge in [0.1, 0.15) is 0 Å². The fraction of sp³-hybridized carbons (Fsp3) is 0.300. The van der Waals surface area contributed by atoms with Crippen molar-refractivity contribution < 1.29 is 0 Å². The molecule has 3 N–H and O–H groups in total. The number of hydrogen-bond donors (Lipinski definition) is 2. The molecule has 13 heavy (non-hydrogen) atoms. The summed E-state index contributed by atoms with van der Waals surface area (Å²) in [5.74, 6) is 5.64. The second-order valence-corrected chi connectivity index (χ2v) is 2.71. The molecule has 1 aromatic heterocycles. The van der Waals surface area contributed by atoms with Gasteiger partial charge in [-0.05, 0) is 18.4 Å². The van der Waals surface area contributed by atoms with E-state index in [2.05, 4.69) is 16.8 Å². The lowest BCUT2D eigenvalue weighted by molar-refractivity contribution is 0.805. The van der Waals surface area contributed by atoms with Crippen LogP contribution in [0.4, 0.5) is 0 Å². The van der Waals surface area contributed by atoms with E-state index in [4.69, 9.17) is 5.73 Å². The fourth-order valence-corrected chi connectivity index (χ4v) is 0.793. The third-order valence-electron chi connectivity index (χ3n) is 1.60. The first kappa shape index (κ1) is 9.56. The van der Waals surface area contributed by atoms with Crippen LogP contribution in [0.2, 0.25) is 0 Å². The van der Waals surface area contributed by atoms with Crippen LogP contribution in [-0.2, 0) is 0 Å². The smallest absolute Gasteiger partial charge is 0.248 e. The summed E-state index contributed by atoms with van der Waals surface area (Å²) in [6, 6.07) is 4.74. The van der Waals surface area contributed by atoms with E-state index in [-0.39, 0.29) is 11.6 Å². The van der Waals surface area contributed by atoms with Crippen LogP contribution in [0, 0.1) is 11.8 Å². The van der Waals surface area contributed by atoms with Gasteiger partial charge in [0.05, 0.1) is 11.7 Å². The summed E-state index contributed by atoms with van der Waals surface area (Å²) in [6.07, 6.45) is 0.810. The molecular formula is C10H12N2O. The maximum absolute atomic E-state index is 10.8. The predicted octanol–water partition coefficient (Wildman–Crippen LogP) is 0.464. The normalized spacial score (nSPS) is 11.5. The molecule has 1 atom stereocenters. The molecule has 0 aromatic carbocycles. The Morgan fingerprint density at radius 1 is 1.62 bits per heavy atom.